The third-order valence-corrected chi connectivity index (χ3v) is 5.21. The number of nitro groups is 1. The van der Waals surface area contributed by atoms with Crippen LogP contribution in [0.2, 0.25) is 0 Å². The van der Waals surface area contributed by atoms with Gasteiger partial charge in [0.1, 0.15) is 0 Å². The fourth-order valence-corrected chi connectivity index (χ4v) is 3.54. The van der Waals surface area contributed by atoms with Crippen LogP contribution in [0.15, 0.2) is 60.7 Å². The first-order chi connectivity index (χ1) is 16.9. The van der Waals surface area contributed by atoms with E-state index < -0.39 is 4.92 Å². The van der Waals surface area contributed by atoms with E-state index in [0.29, 0.717) is 50.9 Å². The zero-order chi connectivity index (χ0) is 24.9. The number of hydrogen-bond acceptors (Lipinski definition) is 7. The summed E-state index contributed by atoms with van der Waals surface area (Å²) in [5.41, 5.74) is 2.32. The molecule has 0 aliphatic heterocycles. The molecule has 35 heavy (non-hydrogen) atoms. The van der Waals surface area contributed by atoms with Gasteiger partial charge in [-0.15, -0.1) is 0 Å². The van der Waals surface area contributed by atoms with Crippen LogP contribution in [-0.4, -0.2) is 42.1 Å². The first-order valence-corrected chi connectivity index (χ1v) is 10.5. The molecule has 0 saturated heterocycles. The number of hydrogen-bond donors (Lipinski definition) is 2. The number of aromatic amines is 1. The van der Waals surface area contributed by atoms with Gasteiger partial charge in [0.25, 0.3) is 11.6 Å². The number of carbonyl (C=O) groups is 1. The highest BCUT2D eigenvalue weighted by Gasteiger charge is 2.17. The molecule has 0 unspecified atom stereocenters. The number of H-pyrrole nitrogens is 1. The lowest BCUT2D eigenvalue weighted by Crippen LogP contribution is -2.22. The summed E-state index contributed by atoms with van der Waals surface area (Å²) in [6.45, 7) is 0. The smallest absolute Gasteiger partial charge is 0.271 e. The fourth-order valence-electron chi connectivity index (χ4n) is 3.54. The monoisotopic (exact) mass is 474 g/mol. The minimum atomic E-state index is -0.482. The van der Waals surface area contributed by atoms with Crippen LogP contribution in [0.25, 0.3) is 22.8 Å². The molecule has 0 bridgehead atoms. The number of ether oxygens (including phenoxy) is 3. The number of benzene rings is 3. The van der Waals surface area contributed by atoms with Crippen LogP contribution in [-0.2, 0) is 0 Å². The Balaban J connectivity index is 1.83. The molecule has 0 spiro atoms. The molecule has 0 aliphatic rings. The van der Waals surface area contributed by atoms with Crippen molar-refractivity contribution in [1.29, 1.82) is 0 Å². The standard InChI is InChI=1S/C25H22N4O6/c1-33-21-12-15(13-22(34-2)23(21)35-3)11-20(28-25(30)16-7-5-4-6-8-16)24-26-18-10-9-17(29(31)32)14-19(18)27-24/h4-14H,1-3H3,(H,26,27)(H,28,30)/b20-11-. The van der Waals surface area contributed by atoms with E-state index in [-0.39, 0.29) is 11.6 Å². The summed E-state index contributed by atoms with van der Waals surface area (Å²) in [4.78, 5) is 31.2. The van der Waals surface area contributed by atoms with E-state index in [1.165, 1.54) is 33.5 Å². The number of methoxy groups -OCH3 is 3. The molecule has 3 aromatic carbocycles. The normalized spacial score (nSPS) is 11.2. The van der Waals surface area contributed by atoms with Crippen molar-refractivity contribution in [3.63, 3.8) is 0 Å². The lowest BCUT2D eigenvalue weighted by Gasteiger charge is -2.14. The molecule has 0 saturated carbocycles. The summed E-state index contributed by atoms with van der Waals surface area (Å²) >= 11 is 0. The topological polar surface area (TPSA) is 129 Å². The Labute approximate surface area is 200 Å². The van der Waals surface area contributed by atoms with Crippen LogP contribution in [0.3, 0.4) is 0 Å². The molecule has 0 radical (unpaired) electrons. The lowest BCUT2D eigenvalue weighted by molar-refractivity contribution is -0.384. The molecule has 0 atom stereocenters. The Hall–Kier alpha value is -4.86. The molecule has 1 amide bonds. The van der Waals surface area contributed by atoms with Crippen molar-refractivity contribution in [2.75, 3.05) is 21.3 Å². The second-order valence-corrected chi connectivity index (χ2v) is 7.38. The molecule has 1 heterocycles. The fraction of sp³-hybridized carbons (Fsp3) is 0.120. The van der Waals surface area contributed by atoms with Gasteiger partial charge in [0.15, 0.2) is 17.3 Å². The van der Waals surface area contributed by atoms with Gasteiger partial charge in [0.2, 0.25) is 5.75 Å². The predicted molar refractivity (Wildman–Crippen MR) is 131 cm³/mol. The molecular formula is C25H22N4O6. The highest BCUT2D eigenvalue weighted by atomic mass is 16.6. The summed E-state index contributed by atoms with van der Waals surface area (Å²) in [5.74, 6) is 1.27. The van der Waals surface area contributed by atoms with Gasteiger partial charge in [0, 0.05) is 17.7 Å². The molecule has 0 fully saturated rings. The molecule has 1 aromatic heterocycles. The van der Waals surface area contributed by atoms with Gasteiger partial charge in [-0.3, -0.25) is 14.9 Å². The van der Waals surface area contributed by atoms with E-state index in [2.05, 4.69) is 15.3 Å². The van der Waals surface area contributed by atoms with E-state index in [4.69, 9.17) is 14.2 Å². The van der Waals surface area contributed by atoms with Crippen molar-refractivity contribution in [2.24, 2.45) is 0 Å². The SMILES string of the molecule is COc1cc(/C=C(\NC(=O)c2ccccc2)c2nc3ccc([N+](=O)[O-])cc3[nH]2)cc(OC)c1OC. The number of aromatic nitrogens is 2. The number of nitro benzene ring substituents is 1. The third kappa shape index (κ3) is 4.91. The van der Waals surface area contributed by atoms with Crippen molar-refractivity contribution < 1.29 is 23.9 Å². The number of nitrogens with one attached hydrogen (secondary N) is 2. The number of carbonyl (C=O) groups excluding carboxylic acids is 1. The van der Waals surface area contributed by atoms with Gasteiger partial charge in [-0.2, -0.15) is 0 Å². The maximum atomic E-state index is 13.0. The molecule has 4 aromatic rings. The van der Waals surface area contributed by atoms with E-state index >= 15 is 0 Å². The maximum Gasteiger partial charge on any atom is 0.271 e. The van der Waals surface area contributed by atoms with Crippen molar-refractivity contribution >= 4 is 34.4 Å². The van der Waals surface area contributed by atoms with Crippen LogP contribution in [0.4, 0.5) is 5.69 Å². The Morgan fingerprint density at radius 1 is 1.00 bits per heavy atom. The predicted octanol–water partition coefficient (Wildman–Crippen LogP) is 4.43. The molecular weight excluding hydrogens is 452 g/mol. The van der Waals surface area contributed by atoms with Gasteiger partial charge < -0.3 is 24.5 Å². The first-order valence-electron chi connectivity index (χ1n) is 10.5. The van der Waals surface area contributed by atoms with E-state index in [1.54, 1.807) is 48.5 Å². The number of non-ortho nitro benzene ring substituents is 1. The second-order valence-electron chi connectivity index (χ2n) is 7.38. The average Bonchev–Trinajstić information content (AvgIpc) is 3.31. The number of amides is 1. The van der Waals surface area contributed by atoms with Gasteiger partial charge in [0.05, 0.1) is 43.0 Å². The number of rotatable bonds is 8. The molecule has 4 rings (SSSR count). The number of nitrogens with zero attached hydrogens (tertiary/aromatic N) is 2. The Bertz CT molecular complexity index is 1400. The van der Waals surface area contributed by atoms with Crippen LogP contribution in [0, 0.1) is 10.1 Å². The van der Waals surface area contributed by atoms with Gasteiger partial charge in [-0.25, -0.2) is 4.98 Å². The van der Waals surface area contributed by atoms with E-state index in [9.17, 15) is 14.9 Å². The first kappa shape index (κ1) is 23.3. The minimum absolute atomic E-state index is 0.0730. The second kappa shape index (κ2) is 9.96. The summed E-state index contributed by atoms with van der Waals surface area (Å²) in [6, 6.07) is 16.5. The quantitative estimate of drug-likeness (QED) is 0.286. The molecule has 0 aliphatic carbocycles. The highest BCUT2D eigenvalue weighted by molar-refractivity contribution is 6.02. The van der Waals surface area contributed by atoms with Gasteiger partial charge >= 0.3 is 0 Å². The van der Waals surface area contributed by atoms with Gasteiger partial charge in [-0.1, -0.05) is 18.2 Å². The summed E-state index contributed by atoms with van der Waals surface area (Å²) < 4.78 is 16.2. The van der Waals surface area contributed by atoms with Crippen molar-refractivity contribution in [1.82, 2.24) is 15.3 Å². The van der Waals surface area contributed by atoms with Gasteiger partial charge in [-0.05, 0) is 42.0 Å². The van der Waals surface area contributed by atoms with Crippen molar-refractivity contribution in [3.8, 4) is 17.2 Å². The summed E-state index contributed by atoms with van der Waals surface area (Å²) in [6.07, 6.45) is 1.69. The lowest BCUT2D eigenvalue weighted by atomic mass is 10.1. The average molecular weight is 474 g/mol. The summed E-state index contributed by atoms with van der Waals surface area (Å²) in [5, 5.41) is 14.1. The summed E-state index contributed by atoms with van der Waals surface area (Å²) in [7, 11) is 4.53. The molecule has 10 nitrogen and oxygen atoms in total. The maximum absolute atomic E-state index is 13.0. The van der Waals surface area contributed by atoms with E-state index in [0.717, 1.165) is 0 Å². The molecule has 2 N–H and O–H groups in total. The zero-order valence-electron chi connectivity index (χ0n) is 19.2. The zero-order valence-corrected chi connectivity index (χ0v) is 19.2. The van der Waals surface area contributed by atoms with Crippen molar-refractivity contribution in [2.45, 2.75) is 0 Å². The molecule has 10 heteroatoms. The van der Waals surface area contributed by atoms with Crippen LogP contribution in [0.1, 0.15) is 21.7 Å². The van der Waals surface area contributed by atoms with Crippen LogP contribution in [0.5, 0.6) is 17.2 Å². The van der Waals surface area contributed by atoms with E-state index in [1.807, 2.05) is 6.07 Å². The number of fused-ring (bicyclic) bond motifs is 1. The Morgan fingerprint density at radius 3 is 2.29 bits per heavy atom. The van der Waals surface area contributed by atoms with Crippen LogP contribution < -0.4 is 19.5 Å². The van der Waals surface area contributed by atoms with Crippen LogP contribution >= 0.6 is 0 Å². The van der Waals surface area contributed by atoms with Crippen molar-refractivity contribution in [3.05, 3.63) is 87.7 Å². The largest absolute Gasteiger partial charge is 0.493 e. The molecule has 178 valence electrons. The Kier molecular flexibility index (Phi) is 6.63. The highest BCUT2D eigenvalue weighted by Crippen LogP contribution is 2.39. The Morgan fingerprint density at radius 2 is 1.69 bits per heavy atom. The minimum Gasteiger partial charge on any atom is -0.493 e. The third-order valence-electron chi connectivity index (χ3n) is 5.21. The number of imidazole rings is 1.